The molecule has 0 amide bonds. The third-order valence-electron chi connectivity index (χ3n) is 3.63. The summed E-state index contributed by atoms with van der Waals surface area (Å²) in [6.45, 7) is 3.93. The fourth-order valence-corrected chi connectivity index (χ4v) is 3.57. The van der Waals surface area contributed by atoms with E-state index in [-0.39, 0.29) is 11.5 Å². The standard InChI is InChI=1S/C16H13N3OS/c1-9(2)13-15(20)17-16-19(18-13)14-11-6-4-3-5-10(11)7-8-12(14)21-16/h3-9H,1-2H3. The number of thiazole rings is 1. The first kappa shape index (κ1) is 12.5. The first-order chi connectivity index (χ1) is 10.1. The van der Waals surface area contributed by atoms with Crippen molar-refractivity contribution in [1.29, 1.82) is 0 Å². The largest absolute Gasteiger partial charge is 0.296 e. The maximum atomic E-state index is 12.0. The highest BCUT2D eigenvalue weighted by Crippen LogP contribution is 2.30. The molecular weight excluding hydrogens is 282 g/mol. The van der Waals surface area contributed by atoms with Gasteiger partial charge in [-0.05, 0) is 11.5 Å². The summed E-state index contributed by atoms with van der Waals surface area (Å²) < 4.78 is 2.91. The lowest BCUT2D eigenvalue weighted by Gasteiger charge is -2.04. The van der Waals surface area contributed by atoms with Gasteiger partial charge < -0.3 is 0 Å². The monoisotopic (exact) mass is 295 g/mol. The molecule has 0 aliphatic carbocycles. The van der Waals surface area contributed by atoms with Crippen LogP contribution in [0.15, 0.2) is 41.2 Å². The van der Waals surface area contributed by atoms with Crippen LogP contribution >= 0.6 is 11.3 Å². The molecule has 104 valence electrons. The molecule has 0 aliphatic rings. The van der Waals surface area contributed by atoms with Crippen molar-refractivity contribution in [3.63, 3.8) is 0 Å². The van der Waals surface area contributed by atoms with Gasteiger partial charge in [0.1, 0.15) is 5.69 Å². The minimum Gasteiger partial charge on any atom is -0.265 e. The Hall–Kier alpha value is -2.27. The van der Waals surface area contributed by atoms with Crippen LogP contribution in [0.4, 0.5) is 0 Å². The van der Waals surface area contributed by atoms with Gasteiger partial charge in [0.25, 0.3) is 5.56 Å². The van der Waals surface area contributed by atoms with Crippen molar-refractivity contribution < 1.29 is 0 Å². The summed E-state index contributed by atoms with van der Waals surface area (Å²) in [6, 6.07) is 12.4. The summed E-state index contributed by atoms with van der Waals surface area (Å²) in [5.41, 5.74) is 1.32. The van der Waals surface area contributed by atoms with Gasteiger partial charge in [0.15, 0.2) is 0 Å². The zero-order valence-corrected chi connectivity index (χ0v) is 12.5. The van der Waals surface area contributed by atoms with E-state index in [9.17, 15) is 4.79 Å². The van der Waals surface area contributed by atoms with E-state index in [1.807, 2.05) is 30.5 Å². The summed E-state index contributed by atoms with van der Waals surface area (Å²) in [5, 5.41) is 6.86. The highest BCUT2D eigenvalue weighted by Gasteiger charge is 2.14. The Balaban J connectivity index is 2.26. The first-order valence-electron chi connectivity index (χ1n) is 6.86. The summed E-state index contributed by atoms with van der Waals surface area (Å²) in [5.74, 6) is 0.0619. The highest BCUT2D eigenvalue weighted by molar-refractivity contribution is 7.23. The Morgan fingerprint density at radius 1 is 1.14 bits per heavy atom. The van der Waals surface area contributed by atoms with Crippen molar-refractivity contribution >= 4 is 37.3 Å². The van der Waals surface area contributed by atoms with Crippen molar-refractivity contribution in [2.45, 2.75) is 19.8 Å². The second-order valence-corrected chi connectivity index (χ2v) is 6.40. The van der Waals surface area contributed by atoms with Gasteiger partial charge in [0.2, 0.25) is 4.96 Å². The van der Waals surface area contributed by atoms with E-state index in [4.69, 9.17) is 0 Å². The topological polar surface area (TPSA) is 47.3 Å². The molecule has 0 atom stereocenters. The highest BCUT2D eigenvalue weighted by atomic mass is 32.1. The maximum Gasteiger partial charge on any atom is 0.296 e. The van der Waals surface area contributed by atoms with Crippen LogP contribution in [0.1, 0.15) is 25.5 Å². The Kier molecular flexibility index (Phi) is 2.59. The minimum absolute atomic E-state index is 0.0619. The molecule has 0 aliphatic heterocycles. The molecular formula is C16H13N3OS. The van der Waals surface area contributed by atoms with Gasteiger partial charge in [-0.3, -0.25) is 4.79 Å². The SMILES string of the molecule is CC(C)c1nn2c(nc1=O)sc1ccc3ccccc3c12. The molecule has 2 aromatic heterocycles. The van der Waals surface area contributed by atoms with Crippen molar-refractivity contribution in [3.8, 4) is 0 Å². The van der Waals surface area contributed by atoms with Crippen LogP contribution in [0.3, 0.4) is 0 Å². The van der Waals surface area contributed by atoms with Gasteiger partial charge in [0, 0.05) is 11.3 Å². The predicted octanol–water partition coefficient (Wildman–Crippen LogP) is 3.58. The van der Waals surface area contributed by atoms with Crippen LogP contribution in [0.2, 0.25) is 0 Å². The van der Waals surface area contributed by atoms with E-state index in [0.29, 0.717) is 10.7 Å². The molecule has 0 fully saturated rings. The van der Waals surface area contributed by atoms with Crippen molar-refractivity contribution in [1.82, 2.24) is 14.6 Å². The molecule has 5 heteroatoms. The van der Waals surface area contributed by atoms with Crippen LogP contribution in [0.5, 0.6) is 0 Å². The van der Waals surface area contributed by atoms with E-state index in [1.54, 1.807) is 0 Å². The number of nitrogens with zero attached hydrogens (tertiary/aromatic N) is 3. The molecule has 0 saturated carbocycles. The molecule has 0 N–H and O–H groups in total. The number of benzene rings is 2. The lowest BCUT2D eigenvalue weighted by Crippen LogP contribution is -2.18. The third-order valence-corrected chi connectivity index (χ3v) is 4.62. The van der Waals surface area contributed by atoms with Crippen LogP contribution in [0, 0.1) is 0 Å². The van der Waals surface area contributed by atoms with Gasteiger partial charge in [-0.2, -0.15) is 10.1 Å². The summed E-state index contributed by atoms with van der Waals surface area (Å²) in [4.78, 5) is 16.9. The van der Waals surface area contributed by atoms with E-state index in [2.05, 4.69) is 34.3 Å². The molecule has 0 spiro atoms. The fraction of sp³-hybridized carbons (Fsp3) is 0.188. The number of aromatic nitrogens is 3. The van der Waals surface area contributed by atoms with Crippen LogP contribution < -0.4 is 5.56 Å². The van der Waals surface area contributed by atoms with E-state index < -0.39 is 0 Å². The molecule has 4 aromatic rings. The second-order valence-electron chi connectivity index (χ2n) is 5.39. The average molecular weight is 295 g/mol. The predicted molar refractivity (Wildman–Crippen MR) is 86.2 cm³/mol. The van der Waals surface area contributed by atoms with Crippen molar-refractivity contribution in [2.24, 2.45) is 0 Å². The molecule has 0 saturated heterocycles. The van der Waals surface area contributed by atoms with Gasteiger partial charge >= 0.3 is 0 Å². The molecule has 0 bridgehead atoms. The normalized spacial score (nSPS) is 12.0. The van der Waals surface area contributed by atoms with E-state index in [0.717, 1.165) is 21.0 Å². The molecule has 2 heterocycles. The fourth-order valence-electron chi connectivity index (χ4n) is 2.59. The Morgan fingerprint density at radius 3 is 2.76 bits per heavy atom. The number of hydrogen-bond acceptors (Lipinski definition) is 4. The zero-order valence-electron chi connectivity index (χ0n) is 11.7. The lowest BCUT2D eigenvalue weighted by molar-refractivity contribution is 0.746. The summed E-state index contributed by atoms with van der Waals surface area (Å²) in [7, 11) is 0. The molecule has 4 rings (SSSR count). The maximum absolute atomic E-state index is 12.0. The van der Waals surface area contributed by atoms with Crippen LogP contribution in [-0.2, 0) is 0 Å². The van der Waals surface area contributed by atoms with E-state index >= 15 is 0 Å². The van der Waals surface area contributed by atoms with E-state index in [1.165, 1.54) is 11.3 Å². The third kappa shape index (κ3) is 1.77. The Morgan fingerprint density at radius 2 is 1.95 bits per heavy atom. The lowest BCUT2D eigenvalue weighted by atomic mass is 10.1. The minimum atomic E-state index is -0.221. The number of hydrogen-bond donors (Lipinski definition) is 0. The van der Waals surface area contributed by atoms with Crippen LogP contribution in [-0.4, -0.2) is 14.6 Å². The first-order valence-corrected chi connectivity index (χ1v) is 7.68. The van der Waals surface area contributed by atoms with Gasteiger partial charge in [-0.15, -0.1) is 0 Å². The second kappa shape index (κ2) is 4.36. The average Bonchev–Trinajstić information content (AvgIpc) is 2.83. The summed E-state index contributed by atoms with van der Waals surface area (Å²) >= 11 is 1.50. The number of rotatable bonds is 1. The van der Waals surface area contributed by atoms with Gasteiger partial charge in [-0.1, -0.05) is 55.5 Å². The van der Waals surface area contributed by atoms with Crippen LogP contribution in [0.25, 0.3) is 25.9 Å². The zero-order chi connectivity index (χ0) is 14.6. The smallest absolute Gasteiger partial charge is 0.265 e. The molecule has 4 nitrogen and oxygen atoms in total. The molecule has 2 aromatic carbocycles. The Bertz CT molecular complexity index is 1050. The number of fused-ring (bicyclic) bond motifs is 5. The molecule has 0 unspecified atom stereocenters. The molecule has 0 radical (unpaired) electrons. The quantitative estimate of drug-likeness (QED) is 0.539. The van der Waals surface area contributed by atoms with Crippen molar-refractivity contribution in [2.75, 3.05) is 0 Å². The Labute approximate surface area is 124 Å². The van der Waals surface area contributed by atoms with Gasteiger partial charge in [0.05, 0.1) is 10.2 Å². The molecule has 21 heavy (non-hydrogen) atoms. The van der Waals surface area contributed by atoms with Gasteiger partial charge in [-0.25, -0.2) is 4.52 Å². The summed E-state index contributed by atoms with van der Waals surface area (Å²) in [6.07, 6.45) is 0. The van der Waals surface area contributed by atoms with Crippen molar-refractivity contribution in [3.05, 3.63) is 52.4 Å².